The number of para-hydroxylation sites is 1. The molecule has 0 heterocycles. The zero-order chi connectivity index (χ0) is 18.7. The molecule has 0 aliphatic heterocycles. The molecule has 6 heteroatoms. The second-order valence-corrected chi connectivity index (χ2v) is 7.87. The van der Waals surface area contributed by atoms with Gasteiger partial charge in [0.1, 0.15) is 0 Å². The Hall–Kier alpha value is -2.70. The van der Waals surface area contributed by atoms with E-state index in [0.29, 0.717) is 5.69 Å². The lowest BCUT2D eigenvalue weighted by molar-refractivity contribution is -0.117. The van der Waals surface area contributed by atoms with Crippen molar-refractivity contribution in [1.82, 2.24) is 4.72 Å². The molecule has 0 aromatic heterocycles. The average Bonchev–Trinajstić information content (AvgIpc) is 2.62. The van der Waals surface area contributed by atoms with Crippen molar-refractivity contribution < 1.29 is 13.2 Å². The van der Waals surface area contributed by atoms with Gasteiger partial charge in [-0.3, -0.25) is 4.79 Å². The Labute approximate surface area is 153 Å². The zero-order valence-electron chi connectivity index (χ0n) is 14.6. The van der Waals surface area contributed by atoms with Gasteiger partial charge in [-0.05, 0) is 48.4 Å². The Morgan fingerprint density at radius 3 is 2.31 bits per heavy atom. The molecule has 5 nitrogen and oxygen atoms in total. The fourth-order valence-corrected chi connectivity index (χ4v) is 3.88. The van der Waals surface area contributed by atoms with Crippen molar-refractivity contribution in [2.75, 3.05) is 5.32 Å². The van der Waals surface area contributed by atoms with E-state index in [1.807, 2.05) is 49.4 Å². The maximum Gasteiger partial charge on any atom is 0.242 e. The molecule has 0 saturated carbocycles. The molecular weight excluding hydrogens is 348 g/mol. The number of hydrogen-bond donors (Lipinski definition) is 2. The lowest BCUT2D eigenvalue weighted by atomic mass is 10.1. The fraction of sp³-hybridized carbons (Fsp3) is 0.150. The van der Waals surface area contributed by atoms with E-state index >= 15 is 0 Å². The summed E-state index contributed by atoms with van der Waals surface area (Å²) in [4.78, 5) is 12.5. The van der Waals surface area contributed by atoms with E-state index in [4.69, 9.17) is 0 Å². The number of anilines is 1. The maximum atomic E-state index is 12.6. The SMILES string of the molecule is Cc1ccccc1NC(=O)[C@@H](C)NS(=O)(=O)c1ccc2ccccc2c1. The fourth-order valence-electron chi connectivity index (χ4n) is 2.64. The molecule has 0 fully saturated rings. The lowest BCUT2D eigenvalue weighted by Crippen LogP contribution is -2.41. The number of hydrogen-bond acceptors (Lipinski definition) is 3. The number of benzene rings is 3. The first-order valence-electron chi connectivity index (χ1n) is 8.24. The maximum absolute atomic E-state index is 12.6. The summed E-state index contributed by atoms with van der Waals surface area (Å²) in [6.07, 6.45) is 0. The number of rotatable bonds is 5. The molecule has 0 bridgehead atoms. The van der Waals surface area contributed by atoms with Crippen LogP contribution in [0, 0.1) is 6.92 Å². The van der Waals surface area contributed by atoms with E-state index in [1.165, 1.54) is 13.0 Å². The van der Waals surface area contributed by atoms with Crippen LogP contribution in [0.4, 0.5) is 5.69 Å². The highest BCUT2D eigenvalue weighted by Crippen LogP contribution is 2.19. The molecule has 0 spiro atoms. The van der Waals surface area contributed by atoms with Gasteiger partial charge in [-0.1, -0.05) is 48.5 Å². The van der Waals surface area contributed by atoms with Gasteiger partial charge in [0.15, 0.2) is 0 Å². The van der Waals surface area contributed by atoms with E-state index < -0.39 is 22.0 Å². The molecule has 0 aliphatic carbocycles. The molecule has 0 saturated heterocycles. The Morgan fingerprint density at radius 2 is 1.58 bits per heavy atom. The van der Waals surface area contributed by atoms with Gasteiger partial charge in [0.25, 0.3) is 0 Å². The minimum Gasteiger partial charge on any atom is -0.324 e. The van der Waals surface area contributed by atoms with Gasteiger partial charge in [-0.25, -0.2) is 8.42 Å². The van der Waals surface area contributed by atoms with E-state index in [1.54, 1.807) is 18.2 Å². The van der Waals surface area contributed by atoms with Crippen molar-refractivity contribution in [1.29, 1.82) is 0 Å². The van der Waals surface area contributed by atoms with Crippen molar-refractivity contribution in [2.45, 2.75) is 24.8 Å². The van der Waals surface area contributed by atoms with Gasteiger partial charge < -0.3 is 5.32 Å². The Balaban J connectivity index is 1.77. The number of amides is 1. The highest BCUT2D eigenvalue weighted by Gasteiger charge is 2.22. The lowest BCUT2D eigenvalue weighted by Gasteiger charge is -2.15. The third-order valence-electron chi connectivity index (χ3n) is 4.16. The van der Waals surface area contributed by atoms with Crippen LogP contribution in [-0.4, -0.2) is 20.4 Å². The van der Waals surface area contributed by atoms with Gasteiger partial charge in [0, 0.05) is 5.69 Å². The normalized spacial score (nSPS) is 12.7. The van der Waals surface area contributed by atoms with Gasteiger partial charge in [0.05, 0.1) is 10.9 Å². The van der Waals surface area contributed by atoms with Crippen LogP contribution in [-0.2, 0) is 14.8 Å². The molecule has 2 N–H and O–H groups in total. The smallest absolute Gasteiger partial charge is 0.242 e. The first kappa shape index (κ1) is 18.1. The second kappa shape index (κ2) is 7.27. The van der Waals surface area contributed by atoms with Crippen LogP contribution >= 0.6 is 0 Å². The molecule has 1 amide bonds. The number of carbonyl (C=O) groups is 1. The molecule has 26 heavy (non-hydrogen) atoms. The Morgan fingerprint density at radius 1 is 0.923 bits per heavy atom. The molecule has 3 aromatic rings. The van der Waals surface area contributed by atoms with E-state index in [-0.39, 0.29) is 4.90 Å². The van der Waals surface area contributed by atoms with Crippen molar-refractivity contribution in [3.05, 3.63) is 72.3 Å². The molecule has 3 aromatic carbocycles. The quantitative estimate of drug-likeness (QED) is 0.724. The molecule has 1 atom stereocenters. The molecule has 0 aliphatic rings. The number of sulfonamides is 1. The monoisotopic (exact) mass is 368 g/mol. The van der Waals surface area contributed by atoms with Gasteiger partial charge in [-0.15, -0.1) is 0 Å². The third-order valence-corrected chi connectivity index (χ3v) is 5.70. The number of aryl methyl sites for hydroxylation is 1. The molecule has 0 unspecified atom stereocenters. The van der Waals surface area contributed by atoms with E-state index in [9.17, 15) is 13.2 Å². The molecule has 134 valence electrons. The van der Waals surface area contributed by atoms with Crippen molar-refractivity contribution in [3.63, 3.8) is 0 Å². The summed E-state index contributed by atoms with van der Waals surface area (Å²) in [6, 6.07) is 18.8. The summed E-state index contributed by atoms with van der Waals surface area (Å²) in [5, 5.41) is 4.53. The van der Waals surface area contributed by atoms with Crippen LogP contribution in [0.5, 0.6) is 0 Å². The summed E-state index contributed by atoms with van der Waals surface area (Å²) < 4.78 is 27.7. The second-order valence-electron chi connectivity index (χ2n) is 6.16. The number of carbonyl (C=O) groups excluding carboxylic acids is 1. The summed E-state index contributed by atoms with van der Waals surface area (Å²) in [5.74, 6) is -0.413. The average molecular weight is 368 g/mol. The minimum atomic E-state index is -3.81. The van der Waals surface area contributed by atoms with Crippen molar-refractivity contribution in [2.24, 2.45) is 0 Å². The third kappa shape index (κ3) is 3.92. The first-order valence-corrected chi connectivity index (χ1v) is 9.73. The summed E-state index contributed by atoms with van der Waals surface area (Å²) in [6.45, 7) is 3.39. The summed E-state index contributed by atoms with van der Waals surface area (Å²) in [5.41, 5.74) is 1.57. The van der Waals surface area contributed by atoms with Crippen LogP contribution in [0.3, 0.4) is 0 Å². The highest BCUT2D eigenvalue weighted by atomic mass is 32.2. The molecular formula is C20H20N2O3S. The van der Waals surface area contributed by atoms with Crippen LogP contribution in [0.15, 0.2) is 71.6 Å². The minimum absolute atomic E-state index is 0.131. The number of nitrogens with one attached hydrogen (secondary N) is 2. The van der Waals surface area contributed by atoms with E-state index in [0.717, 1.165) is 16.3 Å². The number of fused-ring (bicyclic) bond motifs is 1. The molecule has 0 radical (unpaired) electrons. The zero-order valence-corrected chi connectivity index (χ0v) is 15.4. The summed E-state index contributed by atoms with van der Waals surface area (Å²) in [7, 11) is -3.81. The van der Waals surface area contributed by atoms with E-state index in [2.05, 4.69) is 10.0 Å². The highest BCUT2D eigenvalue weighted by molar-refractivity contribution is 7.89. The van der Waals surface area contributed by atoms with Crippen molar-refractivity contribution >= 4 is 32.4 Å². The topological polar surface area (TPSA) is 75.3 Å². The van der Waals surface area contributed by atoms with Crippen LogP contribution < -0.4 is 10.0 Å². The van der Waals surface area contributed by atoms with Gasteiger partial charge in [-0.2, -0.15) is 4.72 Å². The first-order chi connectivity index (χ1) is 12.4. The summed E-state index contributed by atoms with van der Waals surface area (Å²) >= 11 is 0. The van der Waals surface area contributed by atoms with Crippen LogP contribution in [0.25, 0.3) is 10.8 Å². The Kier molecular flexibility index (Phi) is 5.06. The van der Waals surface area contributed by atoms with Crippen molar-refractivity contribution in [3.8, 4) is 0 Å². The predicted octanol–water partition coefficient (Wildman–Crippen LogP) is 3.45. The van der Waals surface area contributed by atoms with Crippen LogP contribution in [0.1, 0.15) is 12.5 Å². The largest absolute Gasteiger partial charge is 0.324 e. The molecule has 3 rings (SSSR count). The Bertz CT molecular complexity index is 1060. The van der Waals surface area contributed by atoms with Gasteiger partial charge >= 0.3 is 0 Å². The standard InChI is InChI=1S/C20H20N2O3S/c1-14-7-3-6-10-19(14)21-20(23)15(2)22-26(24,25)18-12-11-16-8-4-5-9-17(16)13-18/h3-13,15,22H,1-2H3,(H,21,23)/t15-/m1/s1. The van der Waals surface area contributed by atoms with Gasteiger partial charge in [0.2, 0.25) is 15.9 Å². The predicted molar refractivity (Wildman–Crippen MR) is 104 cm³/mol. The van der Waals surface area contributed by atoms with Crippen LogP contribution in [0.2, 0.25) is 0 Å².